The van der Waals surface area contributed by atoms with Crippen LogP contribution in [0.3, 0.4) is 0 Å². The quantitative estimate of drug-likeness (QED) is 0.807. The molecule has 3 atom stereocenters. The van der Waals surface area contributed by atoms with Crippen molar-refractivity contribution in [2.45, 2.75) is 37.9 Å². The minimum absolute atomic E-state index is 0.0636. The van der Waals surface area contributed by atoms with Crippen LogP contribution in [-0.4, -0.2) is 59.8 Å². The number of nitrogens with zero attached hydrogens (tertiary/aromatic N) is 3. The molecule has 2 bridgehead atoms. The number of sulfone groups is 1. The van der Waals surface area contributed by atoms with Gasteiger partial charge in [0.1, 0.15) is 0 Å². The van der Waals surface area contributed by atoms with E-state index in [9.17, 15) is 26.4 Å². The minimum Gasteiger partial charge on any atom is -0.351 e. The number of amides is 1. The van der Waals surface area contributed by atoms with Crippen molar-refractivity contribution in [1.29, 1.82) is 0 Å². The standard InChI is InChI=1S/C17H21F3N4O3S/c18-17(19,20)14-12(15(25)24-3-5-28(26,27)6-4-24)9-21-16(23-14)22-13-8-10-1-2-11(13)7-10/h9-11,13H,1-8H2,(H,21,22,23)/t10-,11+,13?/m0/s1. The Kier molecular flexibility index (Phi) is 4.75. The van der Waals surface area contributed by atoms with Crippen molar-refractivity contribution in [1.82, 2.24) is 14.9 Å². The number of fused-ring (bicyclic) bond motifs is 2. The van der Waals surface area contributed by atoms with Gasteiger partial charge in [0.2, 0.25) is 5.95 Å². The van der Waals surface area contributed by atoms with E-state index in [0.29, 0.717) is 11.8 Å². The first-order valence-electron chi connectivity index (χ1n) is 9.33. The Bertz CT molecular complexity index is 876. The number of anilines is 1. The molecule has 1 unspecified atom stereocenters. The third-order valence-corrected chi connectivity index (χ3v) is 7.58. The molecule has 3 fully saturated rings. The third-order valence-electron chi connectivity index (χ3n) is 5.97. The molecule has 2 heterocycles. The van der Waals surface area contributed by atoms with Gasteiger partial charge in [-0.25, -0.2) is 18.4 Å². The SMILES string of the molecule is O=C(c1cnc(NC2C[C@H]3CC[C@@H]2C3)nc1C(F)(F)F)N1CCS(=O)(=O)CC1. The predicted molar refractivity (Wildman–Crippen MR) is 94.5 cm³/mol. The van der Waals surface area contributed by atoms with Gasteiger partial charge in [-0.05, 0) is 31.1 Å². The van der Waals surface area contributed by atoms with Crippen molar-refractivity contribution in [3.63, 3.8) is 0 Å². The van der Waals surface area contributed by atoms with Crippen LogP contribution in [0.15, 0.2) is 6.20 Å². The fourth-order valence-corrected chi connectivity index (χ4v) is 5.70. The number of aromatic nitrogens is 2. The van der Waals surface area contributed by atoms with Gasteiger partial charge in [-0.1, -0.05) is 6.42 Å². The van der Waals surface area contributed by atoms with E-state index < -0.39 is 33.2 Å². The molecule has 1 aromatic rings. The van der Waals surface area contributed by atoms with E-state index in [1.165, 1.54) is 0 Å². The molecular formula is C17H21F3N4O3S. The second-order valence-electron chi connectivity index (χ2n) is 7.82. The zero-order chi connectivity index (χ0) is 20.1. The van der Waals surface area contributed by atoms with Crippen LogP contribution in [0.5, 0.6) is 0 Å². The maximum absolute atomic E-state index is 13.6. The van der Waals surface area contributed by atoms with Gasteiger partial charge in [0, 0.05) is 25.3 Å². The fourth-order valence-electron chi connectivity index (χ4n) is 4.50. The number of alkyl halides is 3. The Hall–Kier alpha value is -1.91. The highest BCUT2D eigenvalue weighted by molar-refractivity contribution is 7.91. The zero-order valence-electron chi connectivity index (χ0n) is 15.1. The number of halogens is 3. The Balaban J connectivity index is 1.56. The lowest BCUT2D eigenvalue weighted by Crippen LogP contribution is -2.44. The Morgan fingerprint density at radius 1 is 1.18 bits per heavy atom. The van der Waals surface area contributed by atoms with Crippen LogP contribution in [-0.2, 0) is 16.0 Å². The van der Waals surface area contributed by atoms with E-state index in [2.05, 4.69) is 15.3 Å². The number of nitrogens with one attached hydrogen (secondary N) is 1. The molecule has 1 amide bonds. The van der Waals surface area contributed by atoms with Crippen molar-refractivity contribution < 1.29 is 26.4 Å². The van der Waals surface area contributed by atoms with Crippen LogP contribution < -0.4 is 5.32 Å². The molecule has 1 saturated heterocycles. The lowest BCUT2D eigenvalue weighted by Gasteiger charge is -2.27. The van der Waals surface area contributed by atoms with E-state index in [1.54, 1.807) is 0 Å². The number of rotatable bonds is 3. The van der Waals surface area contributed by atoms with Crippen LogP contribution in [0.25, 0.3) is 0 Å². The summed E-state index contributed by atoms with van der Waals surface area (Å²) >= 11 is 0. The highest BCUT2D eigenvalue weighted by Gasteiger charge is 2.42. The van der Waals surface area contributed by atoms with Crippen molar-refractivity contribution in [2.24, 2.45) is 11.8 Å². The molecule has 1 N–H and O–H groups in total. The number of carbonyl (C=O) groups is 1. The first-order chi connectivity index (χ1) is 13.1. The lowest BCUT2D eigenvalue weighted by molar-refractivity contribution is -0.141. The summed E-state index contributed by atoms with van der Waals surface area (Å²) < 4.78 is 63.7. The molecular weight excluding hydrogens is 397 g/mol. The molecule has 154 valence electrons. The van der Waals surface area contributed by atoms with Crippen LogP contribution in [0.4, 0.5) is 19.1 Å². The summed E-state index contributed by atoms with van der Waals surface area (Å²) in [5.41, 5.74) is -1.93. The summed E-state index contributed by atoms with van der Waals surface area (Å²) in [6.45, 7) is -0.271. The summed E-state index contributed by atoms with van der Waals surface area (Å²) in [4.78, 5) is 21.3. The molecule has 0 spiro atoms. The van der Waals surface area contributed by atoms with E-state index in [4.69, 9.17) is 0 Å². The maximum Gasteiger partial charge on any atom is 0.434 e. The van der Waals surface area contributed by atoms with Crippen LogP contribution in [0, 0.1) is 11.8 Å². The number of hydrogen-bond acceptors (Lipinski definition) is 6. The predicted octanol–water partition coefficient (Wildman–Crippen LogP) is 1.97. The Morgan fingerprint density at radius 3 is 2.46 bits per heavy atom. The molecule has 2 saturated carbocycles. The van der Waals surface area contributed by atoms with Gasteiger partial charge in [-0.2, -0.15) is 13.2 Å². The second-order valence-corrected chi connectivity index (χ2v) is 10.1. The van der Waals surface area contributed by atoms with E-state index in [-0.39, 0.29) is 36.6 Å². The average molecular weight is 418 g/mol. The molecule has 1 aromatic heterocycles. The third kappa shape index (κ3) is 3.81. The van der Waals surface area contributed by atoms with E-state index in [1.807, 2.05) is 0 Å². The normalized spacial score (nSPS) is 29.1. The molecule has 4 rings (SSSR count). The zero-order valence-corrected chi connectivity index (χ0v) is 15.9. The highest BCUT2D eigenvalue weighted by atomic mass is 32.2. The van der Waals surface area contributed by atoms with Crippen molar-refractivity contribution in [2.75, 3.05) is 29.9 Å². The van der Waals surface area contributed by atoms with Gasteiger partial charge in [0.05, 0.1) is 17.1 Å². The van der Waals surface area contributed by atoms with Crippen LogP contribution >= 0.6 is 0 Å². The summed E-state index contributed by atoms with van der Waals surface area (Å²) in [7, 11) is -3.25. The molecule has 28 heavy (non-hydrogen) atoms. The number of carbonyl (C=O) groups excluding carboxylic acids is 1. The second kappa shape index (κ2) is 6.85. The van der Waals surface area contributed by atoms with Crippen molar-refractivity contribution >= 4 is 21.7 Å². The van der Waals surface area contributed by atoms with E-state index in [0.717, 1.165) is 36.8 Å². The van der Waals surface area contributed by atoms with Gasteiger partial charge >= 0.3 is 6.18 Å². The molecule has 11 heteroatoms. The first kappa shape index (κ1) is 19.4. The van der Waals surface area contributed by atoms with Crippen LogP contribution in [0.1, 0.15) is 41.7 Å². The lowest BCUT2D eigenvalue weighted by atomic mass is 9.95. The fraction of sp³-hybridized carbons (Fsp3) is 0.706. The topological polar surface area (TPSA) is 92.3 Å². The molecule has 1 aliphatic heterocycles. The van der Waals surface area contributed by atoms with Crippen molar-refractivity contribution in [3.05, 3.63) is 17.5 Å². The maximum atomic E-state index is 13.6. The molecule has 7 nitrogen and oxygen atoms in total. The van der Waals surface area contributed by atoms with Crippen molar-refractivity contribution in [3.8, 4) is 0 Å². The summed E-state index contributed by atoms with van der Waals surface area (Å²) in [6.07, 6.45) is 0.285. The monoisotopic (exact) mass is 418 g/mol. The summed E-state index contributed by atoms with van der Waals surface area (Å²) in [5, 5.41) is 3.01. The molecule has 0 aromatic carbocycles. The largest absolute Gasteiger partial charge is 0.434 e. The first-order valence-corrected chi connectivity index (χ1v) is 11.1. The molecule has 3 aliphatic rings. The average Bonchev–Trinajstić information content (AvgIpc) is 3.23. The summed E-state index contributed by atoms with van der Waals surface area (Å²) in [5.74, 6) is -0.493. The van der Waals surface area contributed by atoms with Gasteiger partial charge in [0.15, 0.2) is 15.5 Å². The Morgan fingerprint density at radius 2 is 1.89 bits per heavy atom. The smallest absolute Gasteiger partial charge is 0.351 e. The van der Waals surface area contributed by atoms with Gasteiger partial charge in [0.25, 0.3) is 5.91 Å². The van der Waals surface area contributed by atoms with E-state index >= 15 is 0 Å². The van der Waals surface area contributed by atoms with Gasteiger partial charge in [-0.15, -0.1) is 0 Å². The van der Waals surface area contributed by atoms with Crippen LogP contribution in [0.2, 0.25) is 0 Å². The molecule has 0 radical (unpaired) electrons. The van der Waals surface area contributed by atoms with Gasteiger partial charge < -0.3 is 10.2 Å². The summed E-state index contributed by atoms with van der Waals surface area (Å²) in [6, 6.07) is 0.0636. The molecule has 2 aliphatic carbocycles. The minimum atomic E-state index is -4.82. The van der Waals surface area contributed by atoms with Gasteiger partial charge in [-0.3, -0.25) is 4.79 Å². The highest BCUT2D eigenvalue weighted by Crippen LogP contribution is 2.45. The Labute approximate surface area is 160 Å². The number of hydrogen-bond donors (Lipinski definition) is 1.